The highest BCUT2D eigenvalue weighted by Gasteiger charge is 2.29. The molecule has 2 rings (SSSR count). The number of methoxy groups -OCH3 is 1. The molecule has 2 aromatic carbocycles. The van der Waals surface area contributed by atoms with Gasteiger partial charge in [-0.25, -0.2) is 0 Å². The maximum Gasteiger partial charge on any atom is 0.416 e. The number of hydrogen-bond acceptors (Lipinski definition) is 2. The third-order valence-electron chi connectivity index (χ3n) is 3.08. The van der Waals surface area contributed by atoms with Crippen molar-refractivity contribution in [2.75, 3.05) is 12.4 Å². The van der Waals surface area contributed by atoms with Gasteiger partial charge in [-0.1, -0.05) is 23.7 Å². The van der Waals surface area contributed by atoms with Crippen LogP contribution in [0.1, 0.15) is 11.1 Å². The summed E-state index contributed by atoms with van der Waals surface area (Å²) in [5, 5.41) is 3.02. The minimum absolute atomic E-state index is 0.395. The summed E-state index contributed by atoms with van der Waals surface area (Å²) in [6.07, 6.45) is -1.77. The highest BCUT2D eigenvalue weighted by molar-refractivity contribution is 6.31. The second-order valence-electron chi connectivity index (χ2n) is 4.79. The molecule has 0 unspecified atom stereocenters. The molecule has 0 fully saturated rings. The number of nitrogens with one attached hydrogen (secondary N) is 1. The van der Waals surface area contributed by atoms with Crippen molar-refractivity contribution in [1.82, 2.24) is 0 Å². The van der Waals surface area contributed by atoms with Crippen LogP contribution in [0.4, 0.5) is 18.9 Å². The molecule has 0 aromatic heterocycles. The second kappa shape index (κ2) is 7.40. The zero-order valence-corrected chi connectivity index (χ0v) is 13.3. The van der Waals surface area contributed by atoms with E-state index in [4.69, 9.17) is 16.3 Å². The largest absolute Gasteiger partial charge is 0.495 e. The Bertz CT molecular complexity index is 755. The molecule has 0 atom stereocenters. The molecule has 3 nitrogen and oxygen atoms in total. The van der Waals surface area contributed by atoms with Crippen LogP contribution in [0.5, 0.6) is 5.75 Å². The van der Waals surface area contributed by atoms with Gasteiger partial charge in [0.1, 0.15) is 5.75 Å². The number of alkyl halides is 3. The lowest BCUT2D eigenvalue weighted by atomic mass is 10.1. The molecular formula is C17H13ClF3NO2. The Hall–Kier alpha value is -2.47. The minimum Gasteiger partial charge on any atom is -0.495 e. The first-order valence-corrected chi connectivity index (χ1v) is 7.17. The summed E-state index contributed by atoms with van der Waals surface area (Å²) in [5.74, 6) is -0.0221. The zero-order valence-electron chi connectivity index (χ0n) is 12.5. The predicted molar refractivity (Wildman–Crippen MR) is 87.1 cm³/mol. The topological polar surface area (TPSA) is 38.3 Å². The molecule has 0 heterocycles. The van der Waals surface area contributed by atoms with E-state index in [0.29, 0.717) is 22.0 Å². The number of benzene rings is 2. The van der Waals surface area contributed by atoms with Gasteiger partial charge in [0, 0.05) is 11.1 Å². The van der Waals surface area contributed by atoms with Crippen LogP contribution in [0.3, 0.4) is 0 Å². The number of amides is 1. The third kappa shape index (κ3) is 4.76. The van der Waals surface area contributed by atoms with Crippen LogP contribution in [0, 0.1) is 0 Å². The zero-order chi connectivity index (χ0) is 17.7. The van der Waals surface area contributed by atoms with E-state index in [2.05, 4.69) is 5.32 Å². The molecule has 0 aliphatic rings. The van der Waals surface area contributed by atoms with Gasteiger partial charge in [0.15, 0.2) is 0 Å². The van der Waals surface area contributed by atoms with Gasteiger partial charge in [0.25, 0.3) is 0 Å². The van der Waals surface area contributed by atoms with Crippen molar-refractivity contribution in [2.24, 2.45) is 0 Å². The summed E-state index contributed by atoms with van der Waals surface area (Å²) in [6, 6.07) is 9.24. The Labute approximate surface area is 141 Å². The Morgan fingerprint density at radius 3 is 2.42 bits per heavy atom. The van der Waals surface area contributed by atoms with Crippen molar-refractivity contribution >= 4 is 29.3 Å². The molecule has 1 N–H and O–H groups in total. The molecule has 7 heteroatoms. The fourth-order valence-electron chi connectivity index (χ4n) is 1.91. The van der Waals surface area contributed by atoms with Crippen molar-refractivity contribution in [3.8, 4) is 5.75 Å². The molecule has 1 amide bonds. The van der Waals surface area contributed by atoms with Crippen molar-refractivity contribution < 1.29 is 22.7 Å². The lowest BCUT2D eigenvalue weighted by Crippen LogP contribution is -2.09. The smallest absolute Gasteiger partial charge is 0.416 e. The molecule has 0 aliphatic heterocycles. The monoisotopic (exact) mass is 355 g/mol. The summed E-state index contributed by atoms with van der Waals surface area (Å²) in [5.41, 5.74) is 0.121. The normalized spacial score (nSPS) is 11.5. The van der Waals surface area contributed by atoms with Gasteiger partial charge in [0.05, 0.1) is 18.4 Å². The first-order chi connectivity index (χ1) is 11.3. The van der Waals surface area contributed by atoms with Crippen LogP contribution in [-0.4, -0.2) is 13.0 Å². The average Bonchev–Trinajstić information content (AvgIpc) is 2.53. The van der Waals surface area contributed by atoms with E-state index < -0.39 is 17.6 Å². The van der Waals surface area contributed by atoms with E-state index in [1.54, 1.807) is 12.1 Å². The molecule has 0 bridgehead atoms. The van der Waals surface area contributed by atoms with Crippen LogP contribution < -0.4 is 10.1 Å². The second-order valence-corrected chi connectivity index (χ2v) is 5.22. The van der Waals surface area contributed by atoms with E-state index in [1.165, 1.54) is 37.5 Å². The van der Waals surface area contributed by atoms with E-state index in [-0.39, 0.29) is 0 Å². The lowest BCUT2D eigenvalue weighted by molar-refractivity contribution is -0.137. The Morgan fingerprint density at radius 1 is 1.17 bits per heavy atom. The number of anilines is 1. The summed E-state index contributed by atoms with van der Waals surface area (Å²) < 4.78 is 42.5. The van der Waals surface area contributed by atoms with Crippen molar-refractivity contribution in [2.45, 2.75) is 6.18 Å². The maximum atomic E-state index is 12.5. The fourth-order valence-corrected chi connectivity index (χ4v) is 2.08. The van der Waals surface area contributed by atoms with Gasteiger partial charge in [0.2, 0.25) is 5.91 Å². The van der Waals surface area contributed by atoms with Crippen molar-refractivity contribution in [3.05, 3.63) is 64.7 Å². The van der Waals surface area contributed by atoms with Gasteiger partial charge >= 0.3 is 6.18 Å². The number of carbonyl (C=O) groups is 1. The Morgan fingerprint density at radius 2 is 1.83 bits per heavy atom. The van der Waals surface area contributed by atoms with E-state index >= 15 is 0 Å². The number of carbonyl (C=O) groups excluding carboxylic acids is 1. The Balaban J connectivity index is 2.07. The van der Waals surface area contributed by atoms with Gasteiger partial charge in [-0.05, 0) is 42.0 Å². The van der Waals surface area contributed by atoms with Crippen LogP contribution in [0.2, 0.25) is 5.02 Å². The Kier molecular flexibility index (Phi) is 5.51. The number of hydrogen-bond donors (Lipinski definition) is 1. The first kappa shape index (κ1) is 17.9. The van der Waals surface area contributed by atoms with Gasteiger partial charge in [-0.15, -0.1) is 0 Å². The molecule has 0 saturated carbocycles. The van der Waals surface area contributed by atoms with E-state index in [0.717, 1.165) is 12.1 Å². The van der Waals surface area contributed by atoms with E-state index in [1.807, 2.05) is 0 Å². The highest BCUT2D eigenvalue weighted by atomic mass is 35.5. The van der Waals surface area contributed by atoms with Gasteiger partial charge in [-0.3, -0.25) is 4.79 Å². The molecule has 2 aromatic rings. The number of rotatable bonds is 4. The first-order valence-electron chi connectivity index (χ1n) is 6.79. The van der Waals surface area contributed by atoms with Gasteiger partial charge < -0.3 is 10.1 Å². The molecule has 0 aliphatic carbocycles. The molecule has 0 radical (unpaired) electrons. The minimum atomic E-state index is -4.39. The third-order valence-corrected chi connectivity index (χ3v) is 3.32. The molecule has 24 heavy (non-hydrogen) atoms. The molecule has 0 spiro atoms. The van der Waals surface area contributed by atoms with Crippen LogP contribution in [0.15, 0.2) is 48.5 Å². The van der Waals surface area contributed by atoms with Crippen molar-refractivity contribution in [3.63, 3.8) is 0 Å². The van der Waals surface area contributed by atoms with Crippen LogP contribution in [0.25, 0.3) is 6.08 Å². The SMILES string of the molecule is COc1ccc(Cl)cc1NC(=O)/C=C/c1ccc(C(F)(F)F)cc1. The molecule has 126 valence electrons. The van der Waals surface area contributed by atoms with Crippen LogP contribution in [-0.2, 0) is 11.0 Å². The number of ether oxygens (including phenoxy) is 1. The summed E-state index contributed by atoms with van der Waals surface area (Å²) in [4.78, 5) is 11.9. The van der Waals surface area contributed by atoms with E-state index in [9.17, 15) is 18.0 Å². The van der Waals surface area contributed by atoms with Crippen molar-refractivity contribution in [1.29, 1.82) is 0 Å². The summed E-state index contributed by atoms with van der Waals surface area (Å²) >= 11 is 5.87. The van der Waals surface area contributed by atoms with Gasteiger partial charge in [-0.2, -0.15) is 13.2 Å². The standard InChI is InChI=1S/C17H13ClF3NO2/c1-24-15-8-7-13(18)10-14(15)22-16(23)9-4-11-2-5-12(6-3-11)17(19,20)21/h2-10H,1H3,(H,22,23)/b9-4+. The quantitative estimate of drug-likeness (QED) is 0.782. The highest BCUT2D eigenvalue weighted by Crippen LogP contribution is 2.29. The number of halogens is 4. The molecule has 0 saturated heterocycles. The fraction of sp³-hybridized carbons (Fsp3) is 0.118. The molecular weight excluding hydrogens is 343 g/mol. The summed E-state index contributed by atoms with van der Waals surface area (Å²) in [6.45, 7) is 0. The lowest BCUT2D eigenvalue weighted by Gasteiger charge is -2.09. The maximum absolute atomic E-state index is 12.5. The predicted octanol–water partition coefficient (Wildman–Crippen LogP) is 5.02. The average molecular weight is 356 g/mol. The summed E-state index contributed by atoms with van der Waals surface area (Å²) in [7, 11) is 1.46. The van der Waals surface area contributed by atoms with Crippen LogP contribution >= 0.6 is 11.6 Å².